The summed E-state index contributed by atoms with van der Waals surface area (Å²) >= 11 is 6.06. The first-order chi connectivity index (χ1) is 14.3. The summed E-state index contributed by atoms with van der Waals surface area (Å²) < 4.78 is 5.09. The molecule has 0 spiro atoms. The van der Waals surface area contributed by atoms with Crippen LogP contribution in [0.5, 0.6) is 0 Å². The Morgan fingerprint density at radius 1 is 1.07 bits per heavy atom. The van der Waals surface area contributed by atoms with Crippen LogP contribution in [-0.4, -0.2) is 35.6 Å². The van der Waals surface area contributed by atoms with Crippen LogP contribution in [0.3, 0.4) is 0 Å². The van der Waals surface area contributed by atoms with Crippen LogP contribution in [0.25, 0.3) is 11.1 Å². The fraction of sp³-hybridized carbons (Fsp3) is 0.348. The Morgan fingerprint density at radius 3 is 2.37 bits per heavy atom. The average Bonchev–Trinajstić information content (AvgIpc) is 2.72. The number of nitrogens with one attached hydrogen (secondary N) is 1. The maximum atomic E-state index is 12.2. The highest BCUT2D eigenvalue weighted by Gasteiger charge is 2.27. The van der Waals surface area contributed by atoms with Crippen LogP contribution in [0.15, 0.2) is 48.5 Å². The molecule has 0 saturated carbocycles. The van der Waals surface area contributed by atoms with Crippen LogP contribution in [0, 0.1) is 5.92 Å². The Balaban J connectivity index is 2.14. The van der Waals surface area contributed by atoms with Gasteiger partial charge < -0.3 is 15.2 Å². The lowest BCUT2D eigenvalue weighted by molar-refractivity contribution is -0.148. The molecule has 160 valence electrons. The topological polar surface area (TPSA) is 92.7 Å². The van der Waals surface area contributed by atoms with E-state index in [1.54, 1.807) is 13.8 Å². The van der Waals surface area contributed by atoms with Gasteiger partial charge in [0.1, 0.15) is 0 Å². The van der Waals surface area contributed by atoms with Crippen molar-refractivity contribution in [1.29, 1.82) is 0 Å². The van der Waals surface area contributed by atoms with E-state index in [4.69, 9.17) is 21.4 Å². The Morgan fingerprint density at radius 2 is 1.77 bits per heavy atom. The highest BCUT2D eigenvalue weighted by Crippen LogP contribution is 2.24. The molecule has 0 aliphatic heterocycles. The van der Waals surface area contributed by atoms with E-state index in [1.165, 1.54) is 0 Å². The molecule has 2 aromatic rings. The molecule has 2 N–H and O–H groups in total. The zero-order valence-electron chi connectivity index (χ0n) is 17.1. The quantitative estimate of drug-likeness (QED) is 0.552. The van der Waals surface area contributed by atoms with Gasteiger partial charge >= 0.3 is 11.9 Å². The van der Waals surface area contributed by atoms with Crippen molar-refractivity contribution in [3.63, 3.8) is 0 Å². The number of rotatable bonds is 10. The van der Waals surface area contributed by atoms with E-state index in [0.717, 1.165) is 16.7 Å². The summed E-state index contributed by atoms with van der Waals surface area (Å²) in [6.45, 7) is 3.66. The third-order valence-corrected chi connectivity index (χ3v) is 4.98. The van der Waals surface area contributed by atoms with Crippen LogP contribution in [-0.2, 0) is 25.5 Å². The third-order valence-electron chi connectivity index (χ3n) is 4.74. The molecular formula is C23H26ClNO5. The number of aliphatic carboxylic acids is 1. The maximum absolute atomic E-state index is 12.2. The number of carbonyl (C=O) groups is 3. The summed E-state index contributed by atoms with van der Waals surface area (Å²) in [6, 6.07) is 14.8. The first-order valence-corrected chi connectivity index (χ1v) is 10.2. The van der Waals surface area contributed by atoms with E-state index in [1.807, 2.05) is 48.5 Å². The minimum Gasteiger partial charge on any atom is -0.481 e. The lowest BCUT2D eigenvalue weighted by Crippen LogP contribution is -2.44. The number of ether oxygens (including phenoxy) is 1. The number of halogens is 1. The van der Waals surface area contributed by atoms with Crippen LogP contribution in [0.4, 0.5) is 0 Å². The molecule has 0 radical (unpaired) electrons. The van der Waals surface area contributed by atoms with Gasteiger partial charge in [0.05, 0.1) is 18.9 Å². The fourth-order valence-electron chi connectivity index (χ4n) is 3.05. The van der Waals surface area contributed by atoms with E-state index in [-0.39, 0.29) is 19.4 Å². The number of hydrogen-bond donors (Lipinski definition) is 2. The van der Waals surface area contributed by atoms with E-state index >= 15 is 0 Å². The van der Waals surface area contributed by atoms with Gasteiger partial charge in [-0.15, -0.1) is 0 Å². The monoisotopic (exact) mass is 431 g/mol. The van der Waals surface area contributed by atoms with Gasteiger partial charge in [-0.3, -0.25) is 14.4 Å². The van der Waals surface area contributed by atoms with E-state index in [0.29, 0.717) is 11.4 Å². The summed E-state index contributed by atoms with van der Waals surface area (Å²) in [5.74, 6) is -2.44. The van der Waals surface area contributed by atoms with Gasteiger partial charge in [0, 0.05) is 17.5 Å². The molecule has 0 saturated heterocycles. The van der Waals surface area contributed by atoms with Crippen molar-refractivity contribution in [3.05, 3.63) is 59.1 Å². The second kappa shape index (κ2) is 11.4. The van der Waals surface area contributed by atoms with Crippen molar-refractivity contribution >= 4 is 29.4 Å². The molecule has 0 fully saturated rings. The molecule has 2 aromatic carbocycles. The van der Waals surface area contributed by atoms with Gasteiger partial charge in [-0.1, -0.05) is 48.0 Å². The summed E-state index contributed by atoms with van der Waals surface area (Å²) in [7, 11) is 0. The summed E-state index contributed by atoms with van der Waals surface area (Å²) in [6.07, 6.45) is 0.00434. The lowest BCUT2D eigenvalue weighted by Gasteiger charge is -2.24. The van der Waals surface area contributed by atoms with Gasteiger partial charge in [-0.05, 0) is 49.1 Å². The molecule has 2 unspecified atom stereocenters. The molecule has 0 aromatic heterocycles. The largest absolute Gasteiger partial charge is 0.481 e. The normalized spacial score (nSPS) is 12.6. The van der Waals surface area contributed by atoms with E-state index in [2.05, 4.69) is 5.32 Å². The smallest absolute Gasteiger partial charge is 0.310 e. The number of amides is 1. The minimum absolute atomic E-state index is 0.144. The predicted molar refractivity (Wildman–Crippen MR) is 115 cm³/mol. The molecular weight excluding hydrogens is 406 g/mol. The molecule has 30 heavy (non-hydrogen) atoms. The highest BCUT2D eigenvalue weighted by atomic mass is 35.5. The molecule has 0 heterocycles. The molecule has 7 heteroatoms. The number of carbonyl (C=O) groups excluding carboxylic acids is 2. The number of hydrogen-bond acceptors (Lipinski definition) is 4. The van der Waals surface area contributed by atoms with Crippen LogP contribution < -0.4 is 5.32 Å². The number of carboxylic acid groups (broad SMARTS) is 1. The number of esters is 1. The Bertz CT molecular complexity index is 881. The number of benzene rings is 2. The van der Waals surface area contributed by atoms with Crippen LogP contribution in [0.1, 0.15) is 32.3 Å². The standard InChI is InChI=1S/C23H26ClNO5/c1-3-30-23(29)15(2)20(25-21(26)11-12-22(27)28)13-16-7-9-17(10-8-16)18-5-4-6-19(24)14-18/h4-10,14-15,20H,3,11-13H2,1-2H3,(H,25,26)(H,27,28). The van der Waals surface area contributed by atoms with Crippen molar-refractivity contribution in [2.45, 2.75) is 39.2 Å². The van der Waals surface area contributed by atoms with Crippen molar-refractivity contribution in [2.75, 3.05) is 6.61 Å². The number of carboxylic acids is 1. The average molecular weight is 432 g/mol. The first-order valence-electron chi connectivity index (χ1n) is 9.82. The van der Waals surface area contributed by atoms with Crippen molar-refractivity contribution < 1.29 is 24.2 Å². The van der Waals surface area contributed by atoms with Crippen molar-refractivity contribution in [1.82, 2.24) is 5.32 Å². The van der Waals surface area contributed by atoms with E-state index < -0.39 is 29.8 Å². The second-order valence-electron chi connectivity index (χ2n) is 7.02. The fourth-order valence-corrected chi connectivity index (χ4v) is 3.24. The van der Waals surface area contributed by atoms with Gasteiger partial charge in [-0.2, -0.15) is 0 Å². The molecule has 1 amide bonds. The lowest BCUT2D eigenvalue weighted by atomic mass is 9.93. The summed E-state index contributed by atoms with van der Waals surface area (Å²) in [5.41, 5.74) is 2.93. The van der Waals surface area contributed by atoms with Crippen molar-refractivity contribution in [3.8, 4) is 11.1 Å². The first kappa shape index (κ1) is 23.4. The summed E-state index contributed by atoms with van der Waals surface area (Å²) in [5, 5.41) is 12.2. The minimum atomic E-state index is -1.04. The Labute approximate surface area is 181 Å². The molecule has 0 aliphatic rings. The zero-order valence-corrected chi connectivity index (χ0v) is 17.8. The van der Waals surface area contributed by atoms with Crippen LogP contribution >= 0.6 is 11.6 Å². The Kier molecular flexibility index (Phi) is 8.87. The molecule has 2 rings (SSSR count). The highest BCUT2D eigenvalue weighted by molar-refractivity contribution is 6.30. The SMILES string of the molecule is CCOC(=O)C(C)C(Cc1ccc(-c2cccc(Cl)c2)cc1)NC(=O)CCC(=O)O. The molecule has 0 aliphatic carbocycles. The Hall–Kier alpha value is -2.86. The van der Waals surface area contributed by atoms with Gasteiger partial charge in [0.15, 0.2) is 0 Å². The molecule has 0 bridgehead atoms. The van der Waals surface area contributed by atoms with Gasteiger partial charge in [-0.25, -0.2) is 0 Å². The second-order valence-corrected chi connectivity index (χ2v) is 7.46. The van der Waals surface area contributed by atoms with Crippen molar-refractivity contribution in [2.24, 2.45) is 5.92 Å². The third kappa shape index (κ3) is 7.19. The zero-order chi connectivity index (χ0) is 22.1. The van der Waals surface area contributed by atoms with Gasteiger partial charge in [0.2, 0.25) is 5.91 Å². The van der Waals surface area contributed by atoms with Gasteiger partial charge in [0.25, 0.3) is 0 Å². The van der Waals surface area contributed by atoms with Crippen LogP contribution in [0.2, 0.25) is 5.02 Å². The summed E-state index contributed by atoms with van der Waals surface area (Å²) in [4.78, 5) is 35.1. The maximum Gasteiger partial charge on any atom is 0.310 e. The molecule has 2 atom stereocenters. The predicted octanol–water partition coefficient (Wildman–Crippen LogP) is 4.10. The molecule has 6 nitrogen and oxygen atoms in total. The van der Waals surface area contributed by atoms with E-state index in [9.17, 15) is 14.4 Å².